The summed E-state index contributed by atoms with van der Waals surface area (Å²) in [6.07, 6.45) is 4.17. The summed E-state index contributed by atoms with van der Waals surface area (Å²) in [5.41, 5.74) is 1.40. The Balaban J connectivity index is 1.97. The van der Waals surface area contributed by atoms with E-state index in [9.17, 15) is 23.3 Å². The molecule has 31 heavy (non-hydrogen) atoms. The first-order valence-electron chi connectivity index (χ1n) is 9.06. The number of anilines is 1. The molecule has 0 atom stereocenters. The number of hydrogen-bond donors (Lipinski definition) is 2. The number of carbonyl (C=O) groups excluding carboxylic acids is 1. The summed E-state index contributed by atoms with van der Waals surface area (Å²) in [4.78, 5) is 22.8. The van der Waals surface area contributed by atoms with E-state index in [0.29, 0.717) is 22.6 Å². The van der Waals surface area contributed by atoms with Crippen molar-refractivity contribution in [1.29, 1.82) is 0 Å². The zero-order valence-corrected chi connectivity index (χ0v) is 18.1. The van der Waals surface area contributed by atoms with Crippen molar-refractivity contribution in [1.82, 2.24) is 5.32 Å². The summed E-state index contributed by atoms with van der Waals surface area (Å²) in [6, 6.07) is 9.28. The Hall–Kier alpha value is -3.60. The number of sulfonamides is 1. The number of nitrogens with one attached hydrogen (secondary N) is 2. The Morgan fingerprint density at radius 3 is 2.29 bits per heavy atom. The normalized spacial score (nSPS) is 11.2. The van der Waals surface area contributed by atoms with Crippen LogP contribution < -0.4 is 19.5 Å². The lowest BCUT2D eigenvalue weighted by molar-refractivity contribution is -0.385. The third-order valence-electron chi connectivity index (χ3n) is 4.12. The molecule has 0 radical (unpaired) electrons. The second-order valence-electron chi connectivity index (χ2n) is 6.46. The maximum absolute atomic E-state index is 12.0. The molecule has 0 bridgehead atoms. The Labute approximate surface area is 180 Å². The molecule has 10 nitrogen and oxygen atoms in total. The smallest absolute Gasteiger partial charge is 0.276 e. The first-order chi connectivity index (χ1) is 14.6. The van der Waals surface area contributed by atoms with E-state index in [2.05, 4.69) is 10.0 Å². The maximum Gasteiger partial charge on any atom is 0.276 e. The van der Waals surface area contributed by atoms with Crippen molar-refractivity contribution in [2.75, 3.05) is 31.7 Å². The minimum Gasteiger partial charge on any atom is -0.493 e. The van der Waals surface area contributed by atoms with Crippen molar-refractivity contribution in [2.24, 2.45) is 0 Å². The van der Waals surface area contributed by atoms with E-state index in [1.807, 2.05) is 0 Å². The molecule has 1 amide bonds. The van der Waals surface area contributed by atoms with Gasteiger partial charge in [-0.1, -0.05) is 12.1 Å². The van der Waals surface area contributed by atoms with Gasteiger partial charge in [0.1, 0.15) is 0 Å². The fraction of sp³-hybridized carbons (Fsp3) is 0.250. The first kappa shape index (κ1) is 23.7. The monoisotopic (exact) mass is 449 g/mol. The van der Waals surface area contributed by atoms with Gasteiger partial charge in [0.25, 0.3) is 5.69 Å². The molecule has 2 N–H and O–H groups in total. The molecular formula is C20H23N3O7S. The minimum atomic E-state index is -3.36. The van der Waals surface area contributed by atoms with Gasteiger partial charge in [-0.2, -0.15) is 0 Å². The van der Waals surface area contributed by atoms with Crippen molar-refractivity contribution >= 4 is 33.4 Å². The maximum atomic E-state index is 12.0. The van der Waals surface area contributed by atoms with E-state index in [1.54, 1.807) is 30.3 Å². The first-order valence-corrected chi connectivity index (χ1v) is 10.9. The molecule has 0 aromatic heterocycles. The number of carbonyl (C=O) groups is 1. The van der Waals surface area contributed by atoms with Crippen molar-refractivity contribution in [2.45, 2.75) is 6.42 Å². The van der Waals surface area contributed by atoms with Gasteiger partial charge in [-0.15, -0.1) is 0 Å². The van der Waals surface area contributed by atoms with Gasteiger partial charge in [0.05, 0.1) is 31.5 Å². The van der Waals surface area contributed by atoms with Crippen molar-refractivity contribution < 1.29 is 27.6 Å². The van der Waals surface area contributed by atoms with Gasteiger partial charge in [0.2, 0.25) is 15.9 Å². The molecule has 11 heteroatoms. The summed E-state index contributed by atoms with van der Waals surface area (Å²) >= 11 is 0. The van der Waals surface area contributed by atoms with Gasteiger partial charge in [-0.3, -0.25) is 19.6 Å². The van der Waals surface area contributed by atoms with E-state index in [1.165, 1.54) is 32.4 Å². The van der Waals surface area contributed by atoms with Gasteiger partial charge in [-0.05, 0) is 36.3 Å². The summed E-state index contributed by atoms with van der Waals surface area (Å²) in [5, 5.41) is 14.0. The van der Waals surface area contributed by atoms with Gasteiger partial charge in [0.15, 0.2) is 11.5 Å². The van der Waals surface area contributed by atoms with E-state index >= 15 is 0 Å². The molecule has 0 unspecified atom stereocenters. The van der Waals surface area contributed by atoms with Crippen LogP contribution in [0.2, 0.25) is 0 Å². The van der Waals surface area contributed by atoms with Gasteiger partial charge in [0, 0.05) is 23.9 Å². The van der Waals surface area contributed by atoms with Crippen LogP contribution in [0, 0.1) is 10.1 Å². The third-order valence-corrected chi connectivity index (χ3v) is 4.72. The third kappa shape index (κ3) is 7.30. The molecule has 166 valence electrons. The second kappa shape index (κ2) is 10.4. The summed E-state index contributed by atoms with van der Waals surface area (Å²) in [6.45, 7) is 0.177. The van der Waals surface area contributed by atoms with E-state index < -0.39 is 14.9 Å². The van der Waals surface area contributed by atoms with E-state index in [0.717, 1.165) is 6.26 Å². The summed E-state index contributed by atoms with van der Waals surface area (Å²) in [7, 11) is -0.528. The number of nitrogens with zero attached hydrogens (tertiary/aromatic N) is 1. The largest absolute Gasteiger partial charge is 0.493 e. The molecule has 2 rings (SSSR count). The Bertz CT molecular complexity index is 1080. The van der Waals surface area contributed by atoms with Crippen LogP contribution in [0.4, 0.5) is 11.4 Å². The molecule has 0 saturated carbocycles. The summed E-state index contributed by atoms with van der Waals surface area (Å²) < 4.78 is 35.0. The highest BCUT2D eigenvalue weighted by atomic mass is 32.2. The molecule has 0 saturated heterocycles. The quantitative estimate of drug-likeness (QED) is 0.323. The van der Waals surface area contributed by atoms with Crippen LogP contribution in [0.1, 0.15) is 11.1 Å². The Morgan fingerprint density at radius 1 is 1.13 bits per heavy atom. The number of hydrogen-bond acceptors (Lipinski definition) is 7. The van der Waals surface area contributed by atoms with E-state index in [4.69, 9.17) is 9.47 Å². The van der Waals surface area contributed by atoms with Crippen LogP contribution in [0.15, 0.2) is 42.5 Å². The number of nitro groups is 1. The lowest BCUT2D eigenvalue weighted by Crippen LogP contribution is -2.23. The zero-order valence-electron chi connectivity index (χ0n) is 17.2. The van der Waals surface area contributed by atoms with Crippen LogP contribution in [-0.4, -0.2) is 46.3 Å². The van der Waals surface area contributed by atoms with E-state index in [-0.39, 0.29) is 30.3 Å². The van der Waals surface area contributed by atoms with Crippen LogP contribution in [0.5, 0.6) is 11.5 Å². The van der Waals surface area contributed by atoms with Crippen molar-refractivity contribution in [3.8, 4) is 11.5 Å². The highest BCUT2D eigenvalue weighted by Gasteiger charge is 2.19. The zero-order chi connectivity index (χ0) is 23.0. The number of nitro benzene ring substituents is 1. The Kier molecular flexibility index (Phi) is 7.97. The second-order valence-corrected chi connectivity index (χ2v) is 8.21. The molecular weight excluding hydrogens is 426 g/mol. The van der Waals surface area contributed by atoms with Gasteiger partial charge in [-0.25, -0.2) is 8.42 Å². The molecule has 0 aliphatic heterocycles. The van der Waals surface area contributed by atoms with Crippen LogP contribution >= 0.6 is 0 Å². The number of amides is 1. The number of rotatable bonds is 10. The number of methoxy groups -OCH3 is 2. The van der Waals surface area contributed by atoms with Gasteiger partial charge >= 0.3 is 0 Å². The molecule has 0 aliphatic carbocycles. The highest BCUT2D eigenvalue weighted by Crippen LogP contribution is 2.34. The Morgan fingerprint density at radius 2 is 1.74 bits per heavy atom. The highest BCUT2D eigenvalue weighted by molar-refractivity contribution is 7.92. The van der Waals surface area contributed by atoms with Crippen LogP contribution in [0.3, 0.4) is 0 Å². The van der Waals surface area contributed by atoms with Crippen LogP contribution in [0.25, 0.3) is 6.08 Å². The molecule has 2 aromatic rings. The topological polar surface area (TPSA) is 137 Å². The van der Waals surface area contributed by atoms with Gasteiger partial charge < -0.3 is 14.8 Å². The lowest BCUT2D eigenvalue weighted by Gasteiger charge is -2.10. The number of benzene rings is 2. The SMILES string of the molecule is COc1cc(CCNC(=O)/C=C/c2ccc(NS(C)(=O)=O)cc2)c([N+](=O)[O-])cc1OC. The van der Waals surface area contributed by atoms with Crippen LogP contribution in [-0.2, 0) is 21.2 Å². The number of ether oxygens (including phenoxy) is 2. The standard InChI is InChI=1S/C20H23N3O7S/c1-29-18-12-15(17(23(25)26)13-19(18)30-2)10-11-21-20(24)9-6-14-4-7-16(8-5-14)22-31(3,27)28/h4-9,12-13,22H,10-11H2,1-3H3,(H,21,24)/b9-6+. The predicted molar refractivity (Wildman–Crippen MR) is 117 cm³/mol. The molecule has 0 aliphatic rings. The minimum absolute atomic E-state index is 0.120. The average Bonchev–Trinajstić information content (AvgIpc) is 2.71. The predicted octanol–water partition coefficient (Wildman–Crippen LogP) is 2.36. The van der Waals surface area contributed by atoms with Crippen molar-refractivity contribution in [3.05, 3.63) is 63.7 Å². The molecule has 0 spiro atoms. The fourth-order valence-electron chi connectivity index (χ4n) is 2.71. The summed E-state index contributed by atoms with van der Waals surface area (Å²) in [5.74, 6) is 0.243. The molecule has 0 heterocycles. The molecule has 2 aromatic carbocycles. The lowest BCUT2D eigenvalue weighted by atomic mass is 10.1. The molecule has 0 fully saturated rings. The fourth-order valence-corrected chi connectivity index (χ4v) is 3.27. The average molecular weight is 449 g/mol. The van der Waals surface area contributed by atoms with Crippen molar-refractivity contribution in [3.63, 3.8) is 0 Å².